The number of nitrogens with one attached hydrogen (secondary N) is 1. The first-order valence-corrected chi connectivity index (χ1v) is 31.4. The molecule has 0 aromatic carbocycles. The lowest BCUT2D eigenvalue weighted by molar-refractivity contribution is -0.143. The number of esters is 1. The Bertz CT molecular complexity index is 1190. The molecule has 0 aliphatic rings. The predicted octanol–water partition coefficient (Wildman–Crippen LogP) is 19.7. The smallest absolute Gasteiger partial charge is 0.305 e. The molecule has 0 saturated carbocycles. The van der Waals surface area contributed by atoms with Gasteiger partial charge in [-0.25, -0.2) is 0 Å². The highest BCUT2D eigenvalue weighted by Crippen LogP contribution is 2.17. The Kier molecular flexibility index (Phi) is 58.5. The number of aliphatic hydroxyl groups excluding tert-OH is 2. The van der Waals surface area contributed by atoms with E-state index in [0.717, 1.165) is 57.8 Å². The first kappa shape index (κ1) is 68.8. The molecule has 0 aromatic heterocycles. The van der Waals surface area contributed by atoms with E-state index in [1.54, 1.807) is 6.08 Å². The Morgan fingerprint density at radius 1 is 0.394 bits per heavy atom. The van der Waals surface area contributed by atoms with Crippen LogP contribution in [0.2, 0.25) is 0 Å². The molecule has 2 unspecified atom stereocenters. The molecule has 0 rings (SSSR count). The van der Waals surface area contributed by atoms with E-state index in [-0.39, 0.29) is 18.5 Å². The van der Waals surface area contributed by atoms with Gasteiger partial charge in [-0.3, -0.25) is 9.59 Å². The minimum Gasteiger partial charge on any atom is -0.466 e. The lowest BCUT2D eigenvalue weighted by Crippen LogP contribution is -2.45. The fourth-order valence-electron chi connectivity index (χ4n) is 9.48. The number of ether oxygens (including phenoxy) is 1. The SMILES string of the molecule is CCCCC/C=C\C/C=C\CCCCCCCC(=O)OCCCCCCCCCCCCCC/C=C\CCCCCCCCCC(=O)NC(CO)C(O)/C=C/CCCCCCCCCCCCCCCC. The number of hydrogen-bond donors (Lipinski definition) is 3. The monoisotopic (exact) mass is 996 g/mol. The van der Waals surface area contributed by atoms with E-state index in [9.17, 15) is 19.8 Å². The van der Waals surface area contributed by atoms with Crippen molar-refractivity contribution in [3.8, 4) is 0 Å². The lowest BCUT2D eigenvalue weighted by Gasteiger charge is -2.20. The first-order valence-electron chi connectivity index (χ1n) is 31.4. The second-order valence-corrected chi connectivity index (χ2v) is 21.4. The van der Waals surface area contributed by atoms with Crippen LogP contribution < -0.4 is 5.32 Å². The Morgan fingerprint density at radius 2 is 0.704 bits per heavy atom. The number of hydrogen-bond acceptors (Lipinski definition) is 5. The second kappa shape index (κ2) is 60.4. The van der Waals surface area contributed by atoms with Gasteiger partial charge in [0.2, 0.25) is 5.91 Å². The van der Waals surface area contributed by atoms with Gasteiger partial charge in [0, 0.05) is 12.8 Å². The summed E-state index contributed by atoms with van der Waals surface area (Å²) in [6, 6.07) is -0.633. The highest BCUT2D eigenvalue weighted by Gasteiger charge is 2.18. The van der Waals surface area contributed by atoms with Crippen molar-refractivity contribution in [2.24, 2.45) is 0 Å². The molecule has 0 saturated heterocycles. The van der Waals surface area contributed by atoms with Crippen LogP contribution in [0.25, 0.3) is 0 Å². The molecule has 0 heterocycles. The molecule has 416 valence electrons. The molecule has 3 N–H and O–H groups in total. The molecule has 71 heavy (non-hydrogen) atoms. The maximum absolute atomic E-state index is 12.5. The maximum atomic E-state index is 12.5. The fraction of sp³-hybridized carbons (Fsp3) is 0.846. The number of carbonyl (C=O) groups is 2. The normalized spacial score (nSPS) is 12.9. The summed E-state index contributed by atoms with van der Waals surface area (Å²) < 4.78 is 5.48. The third-order valence-corrected chi connectivity index (χ3v) is 14.3. The molecule has 6 heteroatoms. The number of aliphatic hydroxyl groups is 2. The van der Waals surface area contributed by atoms with Crippen LogP contribution in [0, 0.1) is 0 Å². The largest absolute Gasteiger partial charge is 0.466 e. The van der Waals surface area contributed by atoms with Crippen molar-refractivity contribution in [3.63, 3.8) is 0 Å². The van der Waals surface area contributed by atoms with Crippen LogP contribution in [0.1, 0.15) is 328 Å². The summed E-state index contributed by atoms with van der Waals surface area (Å²) in [7, 11) is 0. The number of carbonyl (C=O) groups excluding carboxylic acids is 2. The zero-order chi connectivity index (χ0) is 51.4. The molecule has 0 aliphatic carbocycles. The van der Waals surface area contributed by atoms with E-state index in [1.165, 1.54) is 244 Å². The van der Waals surface area contributed by atoms with Gasteiger partial charge in [0.05, 0.1) is 25.4 Å². The number of unbranched alkanes of at least 4 members (excludes halogenated alkanes) is 41. The Balaban J connectivity index is 3.44. The molecule has 0 aromatic rings. The number of rotatable bonds is 58. The van der Waals surface area contributed by atoms with Crippen molar-refractivity contribution in [3.05, 3.63) is 48.6 Å². The number of amides is 1. The third kappa shape index (κ3) is 57.0. The predicted molar refractivity (Wildman–Crippen MR) is 310 cm³/mol. The summed E-state index contributed by atoms with van der Waals surface area (Å²) in [5.74, 6) is -0.0768. The summed E-state index contributed by atoms with van der Waals surface area (Å²) in [4.78, 5) is 24.5. The van der Waals surface area contributed by atoms with E-state index in [4.69, 9.17) is 4.74 Å². The van der Waals surface area contributed by atoms with Gasteiger partial charge in [-0.2, -0.15) is 0 Å². The molecule has 6 nitrogen and oxygen atoms in total. The van der Waals surface area contributed by atoms with Gasteiger partial charge in [0.25, 0.3) is 0 Å². The van der Waals surface area contributed by atoms with Gasteiger partial charge in [-0.1, -0.05) is 274 Å². The molecule has 0 bridgehead atoms. The molecule has 0 fully saturated rings. The average Bonchev–Trinajstić information content (AvgIpc) is 3.37. The fourth-order valence-corrected chi connectivity index (χ4v) is 9.48. The summed E-state index contributed by atoms with van der Waals surface area (Å²) in [6.07, 6.45) is 77.2. The van der Waals surface area contributed by atoms with E-state index in [0.29, 0.717) is 19.4 Å². The molecule has 1 amide bonds. The van der Waals surface area contributed by atoms with Gasteiger partial charge in [-0.15, -0.1) is 0 Å². The van der Waals surface area contributed by atoms with Crippen LogP contribution in [0.5, 0.6) is 0 Å². The maximum Gasteiger partial charge on any atom is 0.305 e. The van der Waals surface area contributed by atoms with E-state index < -0.39 is 12.1 Å². The van der Waals surface area contributed by atoms with Crippen LogP contribution in [-0.4, -0.2) is 47.4 Å². The van der Waals surface area contributed by atoms with Crippen LogP contribution in [0.15, 0.2) is 48.6 Å². The summed E-state index contributed by atoms with van der Waals surface area (Å²) in [6.45, 7) is 4.88. The number of allylic oxidation sites excluding steroid dienone is 7. The topological polar surface area (TPSA) is 95.9 Å². The zero-order valence-electron chi connectivity index (χ0n) is 47.5. The second-order valence-electron chi connectivity index (χ2n) is 21.4. The quantitative estimate of drug-likeness (QED) is 0.0321. The van der Waals surface area contributed by atoms with Gasteiger partial charge < -0.3 is 20.3 Å². The van der Waals surface area contributed by atoms with Gasteiger partial charge in [0.15, 0.2) is 0 Å². The summed E-state index contributed by atoms with van der Waals surface area (Å²) >= 11 is 0. The van der Waals surface area contributed by atoms with E-state index >= 15 is 0 Å². The van der Waals surface area contributed by atoms with Crippen molar-refractivity contribution in [1.29, 1.82) is 0 Å². The minimum absolute atomic E-state index is 0.00331. The van der Waals surface area contributed by atoms with E-state index in [1.807, 2.05) is 6.08 Å². The van der Waals surface area contributed by atoms with Crippen molar-refractivity contribution < 1.29 is 24.5 Å². The van der Waals surface area contributed by atoms with E-state index in [2.05, 4.69) is 55.6 Å². The van der Waals surface area contributed by atoms with Gasteiger partial charge in [0.1, 0.15) is 0 Å². The lowest BCUT2D eigenvalue weighted by atomic mass is 10.0. The molecule has 0 spiro atoms. The van der Waals surface area contributed by atoms with Crippen LogP contribution in [0.3, 0.4) is 0 Å². The molecule has 2 atom stereocenters. The minimum atomic E-state index is -0.849. The van der Waals surface area contributed by atoms with Crippen LogP contribution in [-0.2, 0) is 14.3 Å². The van der Waals surface area contributed by atoms with Crippen molar-refractivity contribution >= 4 is 11.9 Å². The van der Waals surface area contributed by atoms with Gasteiger partial charge >= 0.3 is 5.97 Å². The van der Waals surface area contributed by atoms with Crippen molar-refractivity contribution in [2.75, 3.05) is 13.2 Å². The van der Waals surface area contributed by atoms with Crippen LogP contribution >= 0.6 is 0 Å². The van der Waals surface area contributed by atoms with Crippen molar-refractivity contribution in [1.82, 2.24) is 5.32 Å². The van der Waals surface area contributed by atoms with Gasteiger partial charge in [-0.05, 0) is 89.9 Å². The highest BCUT2D eigenvalue weighted by molar-refractivity contribution is 5.76. The zero-order valence-corrected chi connectivity index (χ0v) is 47.5. The molecule has 0 aliphatic heterocycles. The van der Waals surface area contributed by atoms with Crippen LogP contribution in [0.4, 0.5) is 0 Å². The Hall–Kier alpha value is -2.18. The molecule has 0 radical (unpaired) electrons. The molecular formula is C65H121NO5. The highest BCUT2D eigenvalue weighted by atomic mass is 16.5. The third-order valence-electron chi connectivity index (χ3n) is 14.3. The first-order chi connectivity index (χ1) is 35.0. The standard InChI is InChI=1S/C65H121NO5/c1-3-5-7-9-11-13-15-17-19-30-33-37-41-45-49-53-57-63(68)62(61-67)66-64(69)58-54-50-46-42-38-34-31-27-25-23-21-20-22-24-26-28-32-36-40-44-48-52-56-60-71-65(70)59-55-51-47-43-39-35-29-18-16-14-12-10-8-6-4-2/h12,14,18,23,25,29,53,57,62-63,67-68H,3-11,13,15-17,19-22,24,26-28,30-52,54-56,58-61H2,1-2H3,(H,66,69)/b14-12-,25-23-,29-18-,57-53+. The Morgan fingerprint density at radius 3 is 1.11 bits per heavy atom. The average molecular weight is 997 g/mol. The van der Waals surface area contributed by atoms with Crippen molar-refractivity contribution in [2.45, 2.75) is 341 Å². The Labute approximate surface area is 442 Å². The molecular weight excluding hydrogens is 875 g/mol. The summed E-state index contributed by atoms with van der Waals surface area (Å²) in [5.41, 5.74) is 0. The summed E-state index contributed by atoms with van der Waals surface area (Å²) in [5, 5.41) is 23.1.